The molecule has 20 heavy (non-hydrogen) atoms. The van der Waals surface area contributed by atoms with Gasteiger partial charge < -0.3 is 19.5 Å². The fourth-order valence-corrected chi connectivity index (χ4v) is 3.49. The summed E-state index contributed by atoms with van der Waals surface area (Å²) in [5.41, 5.74) is 6.13. The number of hydrogen-bond donors (Lipinski definition) is 1. The average Bonchev–Trinajstić information content (AvgIpc) is 2.38. The first-order chi connectivity index (χ1) is 9.45. The highest BCUT2D eigenvalue weighted by atomic mass is 31.2. The average molecular weight is 301 g/mol. The van der Waals surface area contributed by atoms with Crippen LogP contribution >= 0.6 is 7.60 Å². The van der Waals surface area contributed by atoms with E-state index >= 15 is 0 Å². The zero-order chi connectivity index (χ0) is 15.2. The Hall–Kier alpha value is -1.36. The van der Waals surface area contributed by atoms with E-state index in [0.717, 1.165) is 0 Å². The number of benzene rings is 1. The Bertz CT molecular complexity index is 507. The smallest absolute Gasteiger partial charge is 0.335 e. The van der Waals surface area contributed by atoms with E-state index in [4.69, 9.17) is 19.5 Å². The molecule has 7 heteroatoms. The van der Waals surface area contributed by atoms with Gasteiger partial charge in [-0.25, -0.2) is 0 Å². The maximum atomic E-state index is 12.5. The summed E-state index contributed by atoms with van der Waals surface area (Å²) >= 11 is 0. The van der Waals surface area contributed by atoms with Gasteiger partial charge in [0.2, 0.25) is 5.91 Å². The molecule has 0 saturated carbocycles. The molecular weight excluding hydrogens is 281 g/mol. The molecule has 0 heterocycles. The first-order valence-corrected chi connectivity index (χ1v) is 8.03. The number of carbonyl (C=O) groups is 1. The van der Waals surface area contributed by atoms with E-state index in [2.05, 4.69) is 0 Å². The minimum absolute atomic E-state index is 0.0268. The first kappa shape index (κ1) is 16.7. The van der Waals surface area contributed by atoms with Gasteiger partial charge in [-0.15, -0.1) is 0 Å². The van der Waals surface area contributed by atoms with Crippen LogP contribution in [0.5, 0.6) is 5.75 Å². The Kier molecular flexibility index (Phi) is 6.20. The second kappa shape index (κ2) is 7.43. The Morgan fingerprint density at radius 1 is 1.25 bits per heavy atom. The standard InChI is InChI=1S/C13H20NO5P/c1-4-18-20(16,19-5-2)9-11-8-10(13(14)15)6-7-12(11)17-3/h6-8H,4-5,9H2,1-3H3,(H2,14,15). The van der Waals surface area contributed by atoms with Crippen LogP contribution in [0.4, 0.5) is 0 Å². The maximum Gasteiger partial charge on any atom is 0.335 e. The largest absolute Gasteiger partial charge is 0.496 e. The summed E-state index contributed by atoms with van der Waals surface area (Å²) in [5, 5.41) is 0. The van der Waals surface area contributed by atoms with Crippen molar-refractivity contribution < 1.29 is 23.1 Å². The molecule has 1 aromatic rings. The van der Waals surface area contributed by atoms with Crippen molar-refractivity contribution >= 4 is 13.5 Å². The maximum absolute atomic E-state index is 12.5. The minimum Gasteiger partial charge on any atom is -0.496 e. The minimum atomic E-state index is -3.26. The van der Waals surface area contributed by atoms with E-state index in [9.17, 15) is 9.36 Å². The number of hydrogen-bond acceptors (Lipinski definition) is 5. The van der Waals surface area contributed by atoms with E-state index in [1.54, 1.807) is 32.0 Å². The molecule has 0 aromatic heterocycles. The van der Waals surface area contributed by atoms with E-state index in [0.29, 0.717) is 16.9 Å². The Morgan fingerprint density at radius 3 is 2.30 bits per heavy atom. The fraction of sp³-hybridized carbons (Fsp3) is 0.462. The lowest BCUT2D eigenvalue weighted by Crippen LogP contribution is -2.11. The third-order valence-electron chi connectivity index (χ3n) is 2.58. The predicted molar refractivity (Wildman–Crippen MR) is 76.1 cm³/mol. The van der Waals surface area contributed by atoms with Crippen LogP contribution in [0.25, 0.3) is 0 Å². The van der Waals surface area contributed by atoms with Crippen LogP contribution in [0, 0.1) is 0 Å². The number of methoxy groups -OCH3 is 1. The normalized spacial score (nSPS) is 11.3. The van der Waals surface area contributed by atoms with E-state index in [-0.39, 0.29) is 19.4 Å². The molecule has 0 aliphatic rings. The summed E-state index contributed by atoms with van der Waals surface area (Å²) in [4.78, 5) is 11.2. The van der Waals surface area contributed by atoms with Gasteiger partial charge in [0, 0.05) is 11.1 Å². The number of carbonyl (C=O) groups excluding carboxylic acids is 1. The number of rotatable bonds is 8. The molecule has 0 atom stereocenters. The van der Waals surface area contributed by atoms with Crippen molar-refractivity contribution in [1.82, 2.24) is 0 Å². The number of primary amides is 1. The molecule has 1 amide bonds. The molecule has 0 aliphatic heterocycles. The highest BCUT2D eigenvalue weighted by Crippen LogP contribution is 2.52. The summed E-state index contributed by atoms with van der Waals surface area (Å²) in [6.45, 7) is 4.02. The first-order valence-electron chi connectivity index (χ1n) is 6.30. The van der Waals surface area contributed by atoms with Crippen molar-refractivity contribution in [1.29, 1.82) is 0 Å². The van der Waals surface area contributed by atoms with Crippen LogP contribution < -0.4 is 10.5 Å². The van der Waals surface area contributed by atoms with E-state index in [1.807, 2.05) is 0 Å². The number of amides is 1. The van der Waals surface area contributed by atoms with Crippen LogP contribution in [0.2, 0.25) is 0 Å². The van der Waals surface area contributed by atoms with E-state index < -0.39 is 13.5 Å². The molecule has 0 radical (unpaired) electrons. The molecule has 2 N–H and O–H groups in total. The van der Waals surface area contributed by atoms with Gasteiger partial charge in [-0.05, 0) is 32.0 Å². The Morgan fingerprint density at radius 2 is 1.85 bits per heavy atom. The third-order valence-corrected chi connectivity index (χ3v) is 4.61. The molecule has 6 nitrogen and oxygen atoms in total. The highest BCUT2D eigenvalue weighted by molar-refractivity contribution is 7.53. The third kappa shape index (κ3) is 4.34. The molecule has 112 valence electrons. The molecule has 1 rings (SSSR count). The van der Waals surface area contributed by atoms with Crippen molar-refractivity contribution in [3.05, 3.63) is 29.3 Å². The summed E-state index contributed by atoms with van der Waals surface area (Å²) in [6, 6.07) is 4.71. The SMILES string of the molecule is CCOP(=O)(Cc1cc(C(N)=O)ccc1OC)OCC. The quantitative estimate of drug-likeness (QED) is 0.745. The number of nitrogens with two attached hydrogens (primary N) is 1. The molecule has 0 bridgehead atoms. The van der Waals surface area contributed by atoms with Crippen LogP contribution in [-0.2, 0) is 19.8 Å². The second-order valence-electron chi connectivity index (χ2n) is 4.00. The van der Waals surface area contributed by atoms with Gasteiger partial charge in [0.25, 0.3) is 0 Å². The monoisotopic (exact) mass is 301 g/mol. The van der Waals surface area contributed by atoms with Crippen molar-refractivity contribution in [2.24, 2.45) is 5.73 Å². The molecule has 0 aliphatic carbocycles. The molecule has 0 saturated heterocycles. The molecule has 1 aromatic carbocycles. The van der Waals surface area contributed by atoms with Gasteiger partial charge in [0.05, 0.1) is 26.5 Å². The van der Waals surface area contributed by atoms with Crippen molar-refractivity contribution in [3.63, 3.8) is 0 Å². The van der Waals surface area contributed by atoms with Gasteiger partial charge in [0.15, 0.2) is 0 Å². The van der Waals surface area contributed by atoms with Gasteiger partial charge >= 0.3 is 7.60 Å². The summed E-state index contributed by atoms with van der Waals surface area (Å²) < 4.78 is 28.2. The molecule has 0 fully saturated rings. The fourth-order valence-electron chi connectivity index (χ4n) is 1.79. The molecular formula is C13H20NO5P. The van der Waals surface area contributed by atoms with Gasteiger partial charge in [-0.1, -0.05) is 0 Å². The van der Waals surface area contributed by atoms with E-state index in [1.165, 1.54) is 7.11 Å². The van der Waals surface area contributed by atoms with Gasteiger partial charge in [-0.3, -0.25) is 9.36 Å². The summed E-state index contributed by atoms with van der Waals surface area (Å²) in [7, 11) is -1.77. The van der Waals surface area contributed by atoms with Crippen LogP contribution in [0.1, 0.15) is 29.8 Å². The lowest BCUT2D eigenvalue weighted by atomic mass is 10.1. The van der Waals surface area contributed by atoms with Crippen molar-refractivity contribution in [3.8, 4) is 5.75 Å². The zero-order valence-electron chi connectivity index (χ0n) is 11.9. The Balaban J connectivity index is 3.12. The van der Waals surface area contributed by atoms with Crippen LogP contribution in [0.3, 0.4) is 0 Å². The number of ether oxygens (including phenoxy) is 1. The molecule has 0 spiro atoms. The highest BCUT2D eigenvalue weighted by Gasteiger charge is 2.26. The van der Waals surface area contributed by atoms with Crippen LogP contribution in [-0.4, -0.2) is 26.2 Å². The van der Waals surface area contributed by atoms with Gasteiger partial charge in [0.1, 0.15) is 5.75 Å². The topological polar surface area (TPSA) is 87.9 Å². The lowest BCUT2D eigenvalue weighted by molar-refractivity contribution is 0.1000. The van der Waals surface area contributed by atoms with Crippen molar-refractivity contribution in [2.75, 3.05) is 20.3 Å². The lowest BCUT2D eigenvalue weighted by Gasteiger charge is -2.18. The zero-order valence-corrected chi connectivity index (χ0v) is 12.8. The summed E-state index contributed by atoms with van der Waals surface area (Å²) in [5.74, 6) is -0.0498. The second-order valence-corrected chi connectivity index (χ2v) is 6.05. The summed E-state index contributed by atoms with van der Waals surface area (Å²) in [6.07, 6.45) is 0.0268. The predicted octanol–water partition coefficient (Wildman–Crippen LogP) is 2.56. The Labute approximate surface area is 118 Å². The van der Waals surface area contributed by atoms with Gasteiger partial charge in [-0.2, -0.15) is 0 Å². The van der Waals surface area contributed by atoms with Crippen molar-refractivity contribution in [2.45, 2.75) is 20.0 Å². The van der Waals surface area contributed by atoms with Crippen LogP contribution in [0.15, 0.2) is 18.2 Å². The molecule has 0 unspecified atom stereocenters.